The number of hydrogen-bond donors (Lipinski definition) is 1. The third-order valence-electron chi connectivity index (χ3n) is 3.70. The summed E-state index contributed by atoms with van der Waals surface area (Å²) < 4.78 is 52.9. The molecule has 0 spiro atoms. The first-order chi connectivity index (χ1) is 12.2. The molecule has 0 atom stereocenters. The second kappa shape index (κ2) is 8.39. The maximum absolute atomic E-state index is 12.5. The number of nitrogens with one attached hydrogen (secondary N) is 1. The van der Waals surface area contributed by atoms with E-state index in [1.165, 1.54) is 50.5 Å². The number of halogens is 1. The Labute approximate surface area is 159 Å². The van der Waals surface area contributed by atoms with Crippen LogP contribution in [0.25, 0.3) is 0 Å². The highest BCUT2D eigenvalue weighted by Gasteiger charge is 2.19. The molecular weight excluding hydrogens is 396 g/mol. The Bertz CT molecular complexity index is 957. The smallest absolute Gasteiger partial charge is 0.261 e. The molecule has 26 heavy (non-hydrogen) atoms. The van der Waals surface area contributed by atoms with Crippen LogP contribution in [0.2, 0.25) is 0 Å². The van der Waals surface area contributed by atoms with Crippen LogP contribution < -0.4 is 4.72 Å². The van der Waals surface area contributed by atoms with E-state index in [1.807, 2.05) is 0 Å². The highest BCUT2D eigenvalue weighted by molar-refractivity contribution is 7.92. The molecule has 142 valence electrons. The van der Waals surface area contributed by atoms with Crippen molar-refractivity contribution in [1.29, 1.82) is 0 Å². The number of hydrogen-bond acceptors (Lipinski definition) is 4. The number of aryl methyl sites for hydroxylation is 1. The molecule has 0 saturated heterocycles. The van der Waals surface area contributed by atoms with Crippen LogP contribution in [-0.4, -0.2) is 41.1 Å². The lowest BCUT2D eigenvalue weighted by Gasteiger charge is -2.13. The zero-order valence-corrected chi connectivity index (χ0v) is 16.9. The fourth-order valence-corrected chi connectivity index (χ4v) is 4.38. The Morgan fingerprint density at radius 1 is 0.962 bits per heavy atom. The van der Waals surface area contributed by atoms with E-state index in [0.29, 0.717) is 5.88 Å². The number of alkyl halides is 1. The van der Waals surface area contributed by atoms with Crippen molar-refractivity contribution in [2.24, 2.45) is 0 Å². The van der Waals surface area contributed by atoms with Gasteiger partial charge >= 0.3 is 0 Å². The minimum absolute atomic E-state index is 0.0131. The van der Waals surface area contributed by atoms with Gasteiger partial charge in [0.2, 0.25) is 10.0 Å². The molecule has 2 rings (SSSR count). The first kappa shape index (κ1) is 20.7. The van der Waals surface area contributed by atoms with E-state index < -0.39 is 20.0 Å². The molecule has 0 saturated carbocycles. The average molecular weight is 417 g/mol. The van der Waals surface area contributed by atoms with Gasteiger partial charge in [0, 0.05) is 20.0 Å². The normalized spacial score (nSPS) is 12.3. The summed E-state index contributed by atoms with van der Waals surface area (Å²) in [5.74, 6) is 0.549. The Kier molecular flexibility index (Phi) is 6.68. The van der Waals surface area contributed by atoms with Crippen LogP contribution in [0.4, 0.5) is 5.69 Å². The molecule has 0 heterocycles. The first-order valence-corrected chi connectivity index (χ1v) is 11.3. The van der Waals surface area contributed by atoms with Crippen molar-refractivity contribution >= 4 is 37.3 Å². The van der Waals surface area contributed by atoms with E-state index in [0.717, 1.165) is 22.7 Å². The van der Waals surface area contributed by atoms with Crippen molar-refractivity contribution in [3.05, 3.63) is 54.1 Å². The van der Waals surface area contributed by atoms with E-state index in [4.69, 9.17) is 11.6 Å². The van der Waals surface area contributed by atoms with Gasteiger partial charge in [-0.15, -0.1) is 11.6 Å². The lowest BCUT2D eigenvalue weighted by Crippen LogP contribution is -2.22. The fraction of sp³-hybridized carbons (Fsp3) is 0.294. The molecule has 0 radical (unpaired) electrons. The van der Waals surface area contributed by atoms with Crippen LogP contribution in [-0.2, 0) is 26.5 Å². The van der Waals surface area contributed by atoms with Crippen molar-refractivity contribution < 1.29 is 16.8 Å². The zero-order valence-electron chi connectivity index (χ0n) is 14.5. The summed E-state index contributed by atoms with van der Waals surface area (Å²) in [6.07, 6.45) is 1.60. The largest absolute Gasteiger partial charge is 0.280 e. The molecule has 2 aromatic carbocycles. The number of benzene rings is 2. The van der Waals surface area contributed by atoms with Gasteiger partial charge in [-0.1, -0.05) is 18.2 Å². The van der Waals surface area contributed by atoms with Crippen molar-refractivity contribution in [3.63, 3.8) is 0 Å². The lowest BCUT2D eigenvalue weighted by molar-refractivity contribution is 0.521. The van der Waals surface area contributed by atoms with Crippen LogP contribution in [0, 0.1) is 0 Å². The summed E-state index contributed by atoms with van der Waals surface area (Å²) in [6.45, 7) is 0. The highest BCUT2D eigenvalue weighted by atomic mass is 35.5. The maximum atomic E-state index is 12.5. The standard InChI is InChI=1S/C17H21ClN2O4S2/c1-20(2)26(23,24)17-7-3-6-15(13-17)19-25(21,22)16-10-8-14(9-11-16)5-4-12-18/h3,6-11,13,19H,4-5,12H2,1-2H3. The van der Waals surface area contributed by atoms with Crippen LogP contribution in [0.5, 0.6) is 0 Å². The Hall–Kier alpha value is -1.61. The topological polar surface area (TPSA) is 83.6 Å². The molecule has 0 bridgehead atoms. The molecule has 0 aliphatic rings. The number of rotatable bonds is 8. The van der Waals surface area contributed by atoms with Gasteiger partial charge in [0.25, 0.3) is 10.0 Å². The van der Waals surface area contributed by atoms with Crippen LogP contribution in [0.3, 0.4) is 0 Å². The van der Waals surface area contributed by atoms with E-state index >= 15 is 0 Å². The first-order valence-electron chi connectivity index (χ1n) is 7.87. The van der Waals surface area contributed by atoms with Gasteiger partial charge < -0.3 is 0 Å². The average Bonchev–Trinajstić information content (AvgIpc) is 2.60. The summed E-state index contributed by atoms with van der Waals surface area (Å²) >= 11 is 5.66. The summed E-state index contributed by atoms with van der Waals surface area (Å²) in [4.78, 5) is 0.118. The predicted octanol–water partition coefficient (Wildman–Crippen LogP) is 2.91. The van der Waals surface area contributed by atoms with Crippen molar-refractivity contribution in [2.45, 2.75) is 22.6 Å². The van der Waals surface area contributed by atoms with E-state index in [-0.39, 0.29) is 15.5 Å². The van der Waals surface area contributed by atoms with Gasteiger partial charge in [0.15, 0.2) is 0 Å². The minimum atomic E-state index is -3.82. The second-order valence-electron chi connectivity index (χ2n) is 5.86. The third kappa shape index (κ3) is 4.97. The zero-order chi connectivity index (χ0) is 19.4. The molecule has 0 aliphatic carbocycles. The summed E-state index contributed by atoms with van der Waals surface area (Å²) in [5, 5.41) is 0. The molecule has 6 nitrogen and oxygen atoms in total. The van der Waals surface area contributed by atoms with Crippen molar-refractivity contribution in [2.75, 3.05) is 24.7 Å². The molecule has 0 amide bonds. The Morgan fingerprint density at radius 2 is 1.62 bits per heavy atom. The Morgan fingerprint density at radius 3 is 2.19 bits per heavy atom. The van der Waals surface area contributed by atoms with Crippen LogP contribution in [0.15, 0.2) is 58.3 Å². The summed E-state index contributed by atoms with van der Waals surface area (Å²) in [7, 11) is -4.63. The Balaban J connectivity index is 2.24. The molecule has 2 aromatic rings. The monoisotopic (exact) mass is 416 g/mol. The van der Waals surface area contributed by atoms with E-state index in [9.17, 15) is 16.8 Å². The molecule has 0 aliphatic heterocycles. The summed E-state index contributed by atoms with van der Waals surface area (Å²) in [6, 6.07) is 12.2. The van der Waals surface area contributed by atoms with Gasteiger partial charge in [-0.2, -0.15) is 0 Å². The predicted molar refractivity (Wildman–Crippen MR) is 104 cm³/mol. The maximum Gasteiger partial charge on any atom is 0.261 e. The van der Waals surface area contributed by atoms with Gasteiger partial charge in [-0.25, -0.2) is 21.1 Å². The molecule has 0 aromatic heterocycles. The van der Waals surface area contributed by atoms with Crippen molar-refractivity contribution in [1.82, 2.24) is 4.31 Å². The van der Waals surface area contributed by atoms with Gasteiger partial charge in [0.05, 0.1) is 15.5 Å². The minimum Gasteiger partial charge on any atom is -0.280 e. The van der Waals surface area contributed by atoms with Gasteiger partial charge in [-0.05, 0) is 48.7 Å². The summed E-state index contributed by atoms with van der Waals surface area (Å²) in [5.41, 5.74) is 1.18. The van der Waals surface area contributed by atoms with Crippen LogP contribution in [0.1, 0.15) is 12.0 Å². The van der Waals surface area contributed by atoms with E-state index in [2.05, 4.69) is 4.72 Å². The molecule has 0 fully saturated rings. The lowest BCUT2D eigenvalue weighted by atomic mass is 10.1. The molecule has 9 heteroatoms. The van der Waals surface area contributed by atoms with E-state index in [1.54, 1.807) is 12.1 Å². The van der Waals surface area contributed by atoms with Gasteiger partial charge in [-0.3, -0.25) is 4.72 Å². The van der Waals surface area contributed by atoms with Crippen molar-refractivity contribution in [3.8, 4) is 0 Å². The van der Waals surface area contributed by atoms with Gasteiger partial charge in [0.1, 0.15) is 0 Å². The fourth-order valence-electron chi connectivity index (χ4n) is 2.25. The molecular formula is C17H21ClN2O4S2. The quantitative estimate of drug-likeness (QED) is 0.670. The SMILES string of the molecule is CN(C)S(=O)(=O)c1cccc(NS(=O)(=O)c2ccc(CCCCl)cc2)c1. The number of anilines is 1. The second-order valence-corrected chi connectivity index (χ2v) is 10.1. The van der Waals surface area contributed by atoms with Crippen LogP contribution >= 0.6 is 11.6 Å². The highest BCUT2D eigenvalue weighted by Crippen LogP contribution is 2.21. The number of sulfonamides is 2. The molecule has 1 N–H and O–H groups in total. The third-order valence-corrected chi connectivity index (χ3v) is 7.17. The molecule has 0 unspecified atom stereocenters. The number of nitrogens with zero attached hydrogens (tertiary/aromatic N) is 1.